The molecule has 0 saturated carbocycles. The summed E-state index contributed by atoms with van der Waals surface area (Å²) in [5, 5.41) is 2.90. The van der Waals surface area contributed by atoms with Gasteiger partial charge in [-0.1, -0.05) is 39.0 Å². The van der Waals surface area contributed by atoms with Gasteiger partial charge in [0.2, 0.25) is 5.91 Å². The first-order chi connectivity index (χ1) is 13.2. The molecular weight excluding hydrogens is 359 g/mol. The van der Waals surface area contributed by atoms with E-state index in [1.807, 2.05) is 26.8 Å². The molecule has 5 nitrogen and oxygen atoms in total. The molecule has 0 atom stereocenters. The molecule has 0 spiro atoms. The summed E-state index contributed by atoms with van der Waals surface area (Å²) in [5.41, 5.74) is 1.77. The number of amides is 2. The first-order valence-corrected chi connectivity index (χ1v) is 9.28. The van der Waals surface area contributed by atoms with Gasteiger partial charge in [0, 0.05) is 36.3 Å². The predicted octanol–water partition coefficient (Wildman–Crippen LogP) is 4.12. The van der Waals surface area contributed by atoms with Crippen molar-refractivity contribution in [2.45, 2.75) is 40.3 Å². The minimum absolute atomic E-state index is 0.0683. The summed E-state index contributed by atoms with van der Waals surface area (Å²) < 4.78 is 19.6. The highest BCUT2D eigenvalue weighted by Crippen LogP contribution is 2.28. The molecule has 0 unspecified atom stereocenters. The van der Waals surface area contributed by atoms with Gasteiger partial charge >= 0.3 is 0 Å². The van der Waals surface area contributed by atoms with Crippen molar-refractivity contribution >= 4 is 17.5 Å². The number of hydrogen-bond donors (Lipinski definition) is 1. The van der Waals surface area contributed by atoms with Gasteiger partial charge in [-0.3, -0.25) is 9.59 Å². The van der Waals surface area contributed by atoms with Crippen LogP contribution in [0.3, 0.4) is 0 Å². The molecule has 1 aliphatic rings. The van der Waals surface area contributed by atoms with E-state index in [4.69, 9.17) is 4.74 Å². The van der Waals surface area contributed by atoms with Crippen LogP contribution in [0.25, 0.3) is 0 Å². The lowest BCUT2D eigenvalue weighted by molar-refractivity contribution is -0.133. The quantitative estimate of drug-likeness (QED) is 0.863. The van der Waals surface area contributed by atoms with Crippen LogP contribution >= 0.6 is 0 Å². The van der Waals surface area contributed by atoms with E-state index in [0.717, 1.165) is 5.56 Å². The van der Waals surface area contributed by atoms with E-state index in [-0.39, 0.29) is 42.7 Å². The maximum Gasteiger partial charge on any atom is 0.261 e. The largest absolute Gasteiger partial charge is 0.483 e. The Morgan fingerprint density at radius 2 is 1.96 bits per heavy atom. The minimum Gasteiger partial charge on any atom is -0.483 e. The summed E-state index contributed by atoms with van der Waals surface area (Å²) in [5.74, 6) is -0.0267. The summed E-state index contributed by atoms with van der Waals surface area (Å²) in [4.78, 5) is 26.2. The summed E-state index contributed by atoms with van der Waals surface area (Å²) in [6.07, 6.45) is 0.401. The third kappa shape index (κ3) is 5.09. The summed E-state index contributed by atoms with van der Waals surface area (Å²) in [6.45, 7) is 6.36. The van der Waals surface area contributed by atoms with Crippen LogP contribution in [0.4, 0.5) is 10.1 Å². The van der Waals surface area contributed by atoms with Crippen LogP contribution in [0.5, 0.6) is 5.75 Å². The maximum absolute atomic E-state index is 14.0. The molecule has 1 N–H and O–H groups in total. The van der Waals surface area contributed by atoms with E-state index in [2.05, 4.69) is 5.32 Å². The van der Waals surface area contributed by atoms with Gasteiger partial charge in [0.1, 0.15) is 11.6 Å². The number of carbonyl (C=O) groups excluding carboxylic acids is 2. The van der Waals surface area contributed by atoms with E-state index in [0.29, 0.717) is 23.4 Å². The van der Waals surface area contributed by atoms with Crippen LogP contribution in [0.1, 0.15) is 38.3 Å². The Morgan fingerprint density at radius 1 is 1.21 bits per heavy atom. The third-order valence-electron chi connectivity index (χ3n) is 4.42. The van der Waals surface area contributed by atoms with Crippen molar-refractivity contribution in [2.24, 2.45) is 5.41 Å². The molecule has 6 heteroatoms. The fraction of sp³-hybridized carbons (Fsp3) is 0.364. The van der Waals surface area contributed by atoms with Crippen molar-refractivity contribution in [1.29, 1.82) is 0 Å². The molecule has 3 rings (SSSR count). The first kappa shape index (κ1) is 19.9. The van der Waals surface area contributed by atoms with E-state index in [1.165, 1.54) is 6.07 Å². The minimum atomic E-state index is -0.344. The van der Waals surface area contributed by atoms with E-state index >= 15 is 0 Å². The third-order valence-corrected chi connectivity index (χ3v) is 4.42. The molecule has 1 aliphatic heterocycles. The molecule has 0 bridgehead atoms. The van der Waals surface area contributed by atoms with Crippen LogP contribution in [0.15, 0.2) is 42.5 Å². The van der Waals surface area contributed by atoms with Crippen molar-refractivity contribution in [1.82, 2.24) is 4.90 Å². The van der Waals surface area contributed by atoms with E-state index in [1.54, 1.807) is 35.2 Å². The van der Waals surface area contributed by atoms with Crippen LogP contribution in [0.2, 0.25) is 0 Å². The number of anilines is 1. The fourth-order valence-corrected chi connectivity index (χ4v) is 3.11. The number of ether oxygens (including phenoxy) is 1. The number of nitrogens with zero attached hydrogens (tertiary/aromatic N) is 1. The number of hydrogen-bond acceptors (Lipinski definition) is 3. The summed E-state index contributed by atoms with van der Waals surface area (Å²) in [7, 11) is 0. The SMILES string of the molecule is CC(C)(C)CC(=O)Nc1ccc2c(c1)CN(Cc1ccccc1F)C(=O)CO2. The zero-order valence-electron chi connectivity index (χ0n) is 16.4. The van der Waals surface area contributed by atoms with Crippen LogP contribution in [0, 0.1) is 11.2 Å². The van der Waals surface area contributed by atoms with E-state index in [9.17, 15) is 14.0 Å². The zero-order chi connectivity index (χ0) is 20.3. The lowest BCUT2D eigenvalue weighted by Crippen LogP contribution is -2.32. The molecule has 0 fully saturated rings. The molecule has 0 saturated heterocycles. The van der Waals surface area contributed by atoms with Crippen LogP contribution in [-0.4, -0.2) is 23.3 Å². The second kappa shape index (κ2) is 8.00. The molecule has 2 aromatic carbocycles. The highest BCUT2D eigenvalue weighted by atomic mass is 19.1. The Balaban J connectivity index is 1.78. The highest BCUT2D eigenvalue weighted by molar-refractivity contribution is 5.91. The molecular formula is C22H25FN2O3. The van der Waals surface area contributed by atoms with E-state index < -0.39 is 0 Å². The predicted molar refractivity (Wildman–Crippen MR) is 105 cm³/mol. The molecule has 2 aromatic rings. The smallest absolute Gasteiger partial charge is 0.261 e. The second-order valence-electron chi connectivity index (χ2n) is 8.24. The molecule has 2 amide bonds. The molecule has 0 aliphatic carbocycles. The molecule has 28 heavy (non-hydrogen) atoms. The second-order valence-corrected chi connectivity index (χ2v) is 8.24. The lowest BCUT2D eigenvalue weighted by Gasteiger charge is -2.21. The van der Waals surface area contributed by atoms with Crippen molar-refractivity contribution < 1.29 is 18.7 Å². The van der Waals surface area contributed by atoms with Crippen molar-refractivity contribution in [2.75, 3.05) is 11.9 Å². The van der Waals surface area contributed by atoms with Gasteiger partial charge in [0.15, 0.2) is 6.61 Å². The highest BCUT2D eigenvalue weighted by Gasteiger charge is 2.23. The van der Waals surface area contributed by atoms with Gasteiger partial charge in [-0.25, -0.2) is 4.39 Å². The Bertz CT molecular complexity index is 890. The molecule has 0 radical (unpaired) electrons. The summed E-state index contributed by atoms with van der Waals surface area (Å²) >= 11 is 0. The Hall–Kier alpha value is -2.89. The number of nitrogens with one attached hydrogen (secondary N) is 1. The average molecular weight is 384 g/mol. The monoisotopic (exact) mass is 384 g/mol. The average Bonchev–Trinajstić information content (AvgIpc) is 2.74. The van der Waals surface area contributed by atoms with Gasteiger partial charge in [-0.05, 0) is 29.7 Å². The number of carbonyl (C=O) groups is 2. The van der Waals surface area contributed by atoms with Gasteiger partial charge in [-0.2, -0.15) is 0 Å². The maximum atomic E-state index is 14.0. The molecule has 148 valence electrons. The number of rotatable bonds is 4. The lowest BCUT2D eigenvalue weighted by atomic mass is 9.92. The topological polar surface area (TPSA) is 58.6 Å². The van der Waals surface area contributed by atoms with Crippen LogP contribution < -0.4 is 10.1 Å². The van der Waals surface area contributed by atoms with Gasteiger partial charge in [0.05, 0.1) is 0 Å². The number of benzene rings is 2. The van der Waals surface area contributed by atoms with Gasteiger partial charge < -0.3 is 15.0 Å². The van der Waals surface area contributed by atoms with Gasteiger partial charge in [0.25, 0.3) is 5.91 Å². The Labute approximate surface area is 164 Å². The summed E-state index contributed by atoms with van der Waals surface area (Å²) in [6, 6.07) is 11.7. The zero-order valence-corrected chi connectivity index (χ0v) is 16.4. The number of fused-ring (bicyclic) bond motifs is 1. The van der Waals surface area contributed by atoms with Gasteiger partial charge in [-0.15, -0.1) is 0 Å². The van der Waals surface area contributed by atoms with Crippen molar-refractivity contribution in [3.63, 3.8) is 0 Å². The van der Waals surface area contributed by atoms with Crippen LogP contribution in [-0.2, 0) is 22.7 Å². The Kier molecular flexibility index (Phi) is 5.68. The van der Waals surface area contributed by atoms with Crippen molar-refractivity contribution in [3.8, 4) is 5.75 Å². The standard InChI is InChI=1S/C22H25FN2O3/c1-22(2,3)11-20(26)24-17-8-9-19-16(10-17)13-25(21(27)14-28-19)12-15-6-4-5-7-18(15)23/h4-10H,11-14H2,1-3H3,(H,24,26). The Morgan fingerprint density at radius 3 is 2.68 bits per heavy atom. The normalized spacial score (nSPS) is 14.1. The molecule has 0 aromatic heterocycles. The number of halogens is 1. The first-order valence-electron chi connectivity index (χ1n) is 9.28. The molecule has 1 heterocycles. The fourth-order valence-electron chi connectivity index (χ4n) is 3.11. The van der Waals surface area contributed by atoms with Crippen molar-refractivity contribution in [3.05, 3.63) is 59.4 Å².